The average Bonchev–Trinajstić information content (AvgIpc) is 2.26. The summed E-state index contributed by atoms with van der Waals surface area (Å²) < 4.78 is 0. The fraction of sp³-hybridized carbons (Fsp3) is 0.857. The highest BCUT2D eigenvalue weighted by Gasteiger charge is 2.27. The molecular weight excluding hydrogens is 244 g/mol. The van der Waals surface area contributed by atoms with Crippen LogP contribution in [-0.4, -0.2) is 40.1 Å². The molecule has 0 saturated carbocycles. The second-order valence-corrected chi connectivity index (χ2v) is 5.81. The number of hydrogen-bond acceptors (Lipinski definition) is 2. The molecule has 0 saturated heterocycles. The summed E-state index contributed by atoms with van der Waals surface area (Å²) >= 11 is 0. The van der Waals surface area contributed by atoms with E-state index in [0.29, 0.717) is 0 Å². The quantitative estimate of drug-likeness (QED) is 0.748. The molecule has 19 heavy (non-hydrogen) atoms. The molecule has 0 fully saturated rings. The largest absolute Gasteiger partial charge is 0.481 e. The number of aliphatic carboxylic acids is 1. The van der Waals surface area contributed by atoms with Gasteiger partial charge in [0.15, 0.2) is 0 Å². The summed E-state index contributed by atoms with van der Waals surface area (Å²) in [4.78, 5) is 24.5. The maximum absolute atomic E-state index is 12.3. The summed E-state index contributed by atoms with van der Waals surface area (Å²) in [6.07, 6.45) is 2.81. The molecule has 0 aromatic heterocycles. The Bertz CT molecular complexity index is 298. The molecule has 0 rings (SSSR count). The van der Waals surface area contributed by atoms with Crippen LogP contribution < -0.4 is 5.32 Å². The number of nitrogens with one attached hydrogen (secondary N) is 1. The lowest BCUT2D eigenvalue weighted by molar-refractivity contribution is -0.137. The van der Waals surface area contributed by atoms with Gasteiger partial charge in [0.1, 0.15) is 0 Å². The molecule has 1 atom stereocenters. The zero-order chi connectivity index (χ0) is 15.1. The Kier molecular flexibility index (Phi) is 7.49. The van der Waals surface area contributed by atoms with Crippen molar-refractivity contribution in [1.82, 2.24) is 10.2 Å². The highest BCUT2D eigenvalue weighted by molar-refractivity contribution is 5.76. The van der Waals surface area contributed by atoms with Crippen molar-refractivity contribution in [3.63, 3.8) is 0 Å². The molecule has 0 radical (unpaired) electrons. The Hall–Kier alpha value is -1.26. The Balaban J connectivity index is 4.66. The first-order chi connectivity index (χ1) is 8.72. The summed E-state index contributed by atoms with van der Waals surface area (Å²) in [5.41, 5.74) is -0.385. The van der Waals surface area contributed by atoms with Crippen LogP contribution in [0.15, 0.2) is 0 Å². The maximum atomic E-state index is 12.3. The van der Waals surface area contributed by atoms with Gasteiger partial charge in [-0.1, -0.05) is 20.3 Å². The zero-order valence-corrected chi connectivity index (χ0v) is 12.8. The van der Waals surface area contributed by atoms with Gasteiger partial charge in [0.25, 0.3) is 0 Å². The minimum atomic E-state index is -0.886. The monoisotopic (exact) mass is 272 g/mol. The van der Waals surface area contributed by atoms with Gasteiger partial charge in [0.2, 0.25) is 0 Å². The van der Waals surface area contributed by atoms with E-state index in [1.54, 1.807) is 4.90 Å². The standard InChI is InChI=1S/C14H28N2O3/c1-6-8-11(7-2)15-13(19)16(14(3,4)5)10-9-12(17)18/h11H,6-10H2,1-5H3,(H,15,19)(H,17,18). The molecule has 5 heteroatoms. The van der Waals surface area contributed by atoms with Crippen molar-refractivity contribution in [1.29, 1.82) is 0 Å². The lowest BCUT2D eigenvalue weighted by atomic mass is 10.1. The number of nitrogens with zero attached hydrogens (tertiary/aromatic N) is 1. The number of carboxylic acids is 1. The summed E-state index contributed by atoms with van der Waals surface area (Å²) in [6.45, 7) is 10.1. The van der Waals surface area contributed by atoms with E-state index in [0.717, 1.165) is 19.3 Å². The molecule has 0 heterocycles. The third-order valence-electron chi connectivity index (χ3n) is 3.06. The summed E-state index contributed by atoms with van der Waals surface area (Å²) in [7, 11) is 0. The minimum absolute atomic E-state index is 0.0325. The number of urea groups is 1. The van der Waals surface area contributed by atoms with Crippen LogP contribution in [0.1, 0.15) is 60.3 Å². The minimum Gasteiger partial charge on any atom is -0.481 e. The van der Waals surface area contributed by atoms with Crippen LogP contribution in [0.4, 0.5) is 4.79 Å². The first-order valence-electron chi connectivity index (χ1n) is 7.02. The predicted octanol–water partition coefficient (Wildman–Crippen LogP) is 2.85. The topological polar surface area (TPSA) is 69.6 Å². The van der Waals surface area contributed by atoms with E-state index in [1.165, 1.54) is 0 Å². The van der Waals surface area contributed by atoms with Gasteiger partial charge in [0.05, 0.1) is 6.42 Å². The lowest BCUT2D eigenvalue weighted by Gasteiger charge is -2.36. The molecule has 0 aliphatic carbocycles. The molecule has 1 unspecified atom stereocenters. The third-order valence-corrected chi connectivity index (χ3v) is 3.06. The molecule has 2 amide bonds. The van der Waals surface area contributed by atoms with Crippen molar-refractivity contribution in [2.75, 3.05) is 6.54 Å². The van der Waals surface area contributed by atoms with Crippen LogP contribution in [0.2, 0.25) is 0 Å². The van der Waals surface area contributed by atoms with Gasteiger partial charge in [-0.15, -0.1) is 0 Å². The van der Waals surface area contributed by atoms with Gasteiger partial charge in [-0.3, -0.25) is 4.79 Å². The number of carboxylic acid groups (broad SMARTS) is 1. The number of carbonyl (C=O) groups is 2. The van der Waals surface area contributed by atoms with Crippen LogP contribution >= 0.6 is 0 Å². The SMILES string of the molecule is CCCC(CC)NC(=O)N(CCC(=O)O)C(C)(C)C. The fourth-order valence-corrected chi connectivity index (χ4v) is 1.93. The van der Waals surface area contributed by atoms with Crippen LogP contribution in [0.5, 0.6) is 0 Å². The van der Waals surface area contributed by atoms with Crippen molar-refractivity contribution >= 4 is 12.0 Å². The summed E-state index contributed by atoms with van der Waals surface area (Å²) in [5.74, 6) is -0.886. The van der Waals surface area contributed by atoms with Crippen molar-refractivity contribution in [2.24, 2.45) is 0 Å². The smallest absolute Gasteiger partial charge is 0.318 e. The molecule has 112 valence electrons. The molecule has 0 spiro atoms. The molecular formula is C14H28N2O3. The fourth-order valence-electron chi connectivity index (χ4n) is 1.93. The molecule has 0 aliphatic rings. The van der Waals surface area contributed by atoms with E-state index in [4.69, 9.17) is 5.11 Å². The molecule has 5 nitrogen and oxygen atoms in total. The normalized spacial score (nSPS) is 12.9. The van der Waals surface area contributed by atoms with Crippen molar-refractivity contribution in [2.45, 2.75) is 71.9 Å². The molecule has 0 aliphatic heterocycles. The van der Waals surface area contributed by atoms with E-state index in [2.05, 4.69) is 12.2 Å². The number of rotatable bonds is 7. The van der Waals surface area contributed by atoms with Crippen molar-refractivity contribution in [3.05, 3.63) is 0 Å². The molecule has 2 N–H and O–H groups in total. The van der Waals surface area contributed by atoms with E-state index in [1.807, 2.05) is 27.7 Å². The Morgan fingerprint density at radius 3 is 2.21 bits per heavy atom. The molecule has 0 aromatic carbocycles. The van der Waals surface area contributed by atoms with E-state index in [9.17, 15) is 9.59 Å². The Morgan fingerprint density at radius 1 is 1.26 bits per heavy atom. The van der Waals surface area contributed by atoms with Crippen LogP contribution in [-0.2, 0) is 4.79 Å². The van der Waals surface area contributed by atoms with Crippen LogP contribution in [0.25, 0.3) is 0 Å². The second-order valence-electron chi connectivity index (χ2n) is 5.81. The van der Waals surface area contributed by atoms with E-state index in [-0.39, 0.29) is 30.6 Å². The van der Waals surface area contributed by atoms with Crippen molar-refractivity contribution < 1.29 is 14.7 Å². The zero-order valence-electron chi connectivity index (χ0n) is 12.8. The van der Waals surface area contributed by atoms with Gasteiger partial charge < -0.3 is 15.3 Å². The lowest BCUT2D eigenvalue weighted by Crippen LogP contribution is -2.53. The van der Waals surface area contributed by atoms with Gasteiger partial charge in [-0.05, 0) is 33.6 Å². The highest BCUT2D eigenvalue weighted by atomic mass is 16.4. The van der Waals surface area contributed by atoms with E-state index >= 15 is 0 Å². The maximum Gasteiger partial charge on any atom is 0.318 e. The summed E-state index contributed by atoms with van der Waals surface area (Å²) in [6, 6.07) is -0.0128. The van der Waals surface area contributed by atoms with Gasteiger partial charge in [0, 0.05) is 18.1 Å². The average molecular weight is 272 g/mol. The third kappa shape index (κ3) is 7.03. The van der Waals surface area contributed by atoms with Gasteiger partial charge in [-0.2, -0.15) is 0 Å². The number of hydrogen-bond donors (Lipinski definition) is 2. The number of carbonyl (C=O) groups excluding carboxylic acids is 1. The Labute approximate surface area is 116 Å². The highest BCUT2D eigenvalue weighted by Crippen LogP contribution is 2.15. The van der Waals surface area contributed by atoms with Crippen molar-refractivity contribution in [3.8, 4) is 0 Å². The van der Waals surface area contributed by atoms with Crippen LogP contribution in [0.3, 0.4) is 0 Å². The number of amides is 2. The molecule has 0 aromatic rings. The van der Waals surface area contributed by atoms with Gasteiger partial charge >= 0.3 is 12.0 Å². The first-order valence-corrected chi connectivity index (χ1v) is 7.02. The van der Waals surface area contributed by atoms with E-state index < -0.39 is 5.97 Å². The first kappa shape index (κ1) is 17.7. The van der Waals surface area contributed by atoms with Crippen LogP contribution in [0, 0.1) is 0 Å². The Morgan fingerprint density at radius 2 is 1.84 bits per heavy atom. The predicted molar refractivity (Wildman–Crippen MR) is 76.2 cm³/mol. The van der Waals surface area contributed by atoms with Gasteiger partial charge in [-0.25, -0.2) is 4.79 Å². The molecule has 0 bridgehead atoms. The second kappa shape index (κ2) is 8.02. The summed E-state index contributed by atoms with van der Waals surface area (Å²) in [5, 5.41) is 11.8.